The van der Waals surface area contributed by atoms with Gasteiger partial charge in [-0.25, -0.2) is 0 Å². The van der Waals surface area contributed by atoms with Crippen LogP contribution < -0.4 is 5.32 Å². The third kappa shape index (κ3) is 2.20. The van der Waals surface area contributed by atoms with Crippen molar-refractivity contribution in [2.75, 3.05) is 26.7 Å². The van der Waals surface area contributed by atoms with Crippen LogP contribution in [0.2, 0.25) is 0 Å². The molecule has 2 nitrogen and oxygen atoms in total. The molecule has 1 aliphatic carbocycles. The Kier molecular flexibility index (Phi) is 2.66. The summed E-state index contributed by atoms with van der Waals surface area (Å²) in [5.74, 6) is 1.06. The Labute approximate surface area is 75.3 Å². The van der Waals surface area contributed by atoms with Gasteiger partial charge in [0.05, 0.1) is 0 Å². The van der Waals surface area contributed by atoms with Crippen molar-refractivity contribution in [3.8, 4) is 0 Å². The molecule has 1 saturated carbocycles. The quantitative estimate of drug-likeness (QED) is 0.678. The molecule has 2 aliphatic rings. The van der Waals surface area contributed by atoms with Gasteiger partial charge in [-0.05, 0) is 45.2 Å². The number of likely N-dealkylation sites (tertiary alicyclic amines) is 1. The minimum absolute atomic E-state index is 0.762. The molecule has 0 aromatic heterocycles. The second-order valence-corrected chi connectivity index (χ2v) is 4.33. The zero-order valence-electron chi connectivity index (χ0n) is 8.05. The molecule has 0 radical (unpaired) electrons. The highest BCUT2D eigenvalue weighted by molar-refractivity contribution is 4.82. The van der Waals surface area contributed by atoms with Crippen LogP contribution in [0.5, 0.6) is 0 Å². The molecule has 2 fully saturated rings. The van der Waals surface area contributed by atoms with E-state index in [9.17, 15) is 0 Å². The smallest absolute Gasteiger partial charge is 0.0192 e. The molecule has 1 N–H and O–H groups in total. The molecule has 2 rings (SSSR count). The van der Waals surface area contributed by atoms with Gasteiger partial charge in [0.25, 0.3) is 0 Å². The van der Waals surface area contributed by atoms with Gasteiger partial charge in [0.2, 0.25) is 0 Å². The fraction of sp³-hybridized carbons (Fsp3) is 1.00. The molecular formula is C10H20N2. The second kappa shape index (κ2) is 3.75. The average Bonchev–Trinajstić information content (AvgIpc) is 2.89. The molecule has 2 heteroatoms. The topological polar surface area (TPSA) is 15.3 Å². The van der Waals surface area contributed by atoms with E-state index < -0.39 is 0 Å². The first kappa shape index (κ1) is 8.52. The Morgan fingerprint density at radius 3 is 2.83 bits per heavy atom. The van der Waals surface area contributed by atoms with Gasteiger partial charge in [-0.2, -0.15) is 0 Å². The third-order valence-corrected chi connectivity index (χ3v) is 3.13. The summed E-state index contributed by atoms with van der Waals surface area (Å²) in [7, 11) is 2.09. The normalized spacial score (nSPS) is 32.2. The fourth-order valence-electron chi connectivity index (χ4n) is 2.12. The predicted octanol–water partition coefficient (Wildman–Crippen LogP) is 1.08. The summed E-state index contributed by atoms with van der Waals surface area (Å²) in [5.41, 5.74) is 0. The van der Waals surface area contributed by atoms with E-state index in [-0.39, 0.29) is 0 Å². The van der Waals surface area contributed by atoms with Crippen molar-refractivity contribution < 1.29 is 0 Å². The highest BCUT2D eigenvalue weighted by atomic mass is 15.2. The molecule has 0 spiro atoms. The van der Waals surface area contributed by atoms with E-state index >= 15 is 0 Å². The van der Waals surface area contributed by atoms with E-state index in [1.165, 1.54) is 45.3 Å². The first-order valence-electron chi connectivity index (χ1n) is 5.28. The predicted molar refractivity (Wildman–Crippen MR) is 51.2 cm³/mol. The lowest BCUT2D eigenvalue weighted by atomic mass is 10.1. The lowest BCUT2D eigenvalue weighted by Crippen LogP contribution is -2.44. The van der Waals surface area contributed by atoms with E-state index in [1.807, 2.05) is 0 Å². The standard InChI is InChI=1S/C10H20N2/c1-11-10-3-2-6-12(8-10)7-9-4-5-9/h9-11H,2-8H2,1H3. The number of rotatable bonds is 3. The van der Waals surface area contributed by atoms with E-state index in [0.717, 1.165) is 12.0 Å². The van der Waals surface area contributed by atoms with Crippen molar-refractivity contribution in [1.82, 2.24) is 10.2 Å². The minimum Gasteiger partial charge on any atom is -0.316 e. The first-order chi connectivity index (χ1) is 5.88. The zero-order chi connectivity index (χ0) is 8.39. The number of likely N-dealkylation sites (N-methyl/N-ethyl adjacent to an activating group) is 1. The molecule has 0 aromatic carbocycles. The maximum Gasteiger partial charge on any atom is 0.0192 e. The molecule has 1 atom stereocenters. The Morgan fingerprint density at radius 1 is 1.33 bits per heavy atom. The van der Waals surface area contributed by atoms with Crippen molar-refractivity contribution in [3.63, 3.8) is 0 Å². The van der Waals surface area contributed by atoms with Crippen LogP contribution in [0.3, 0.4) is 0 Å². The van der Waals surface area contributed by atoms with Gasteiger partial charge in [-0.1, -0.05) is 0 Å². The molecule has 12 heavy (non-hydrogen) atoms. The maximum atomic E-state index is 3.39. The van der Waals surface area contributed by atoms with Crippen molar-refractivity contribution in [2.45, 2.75) is 31.7 Å². The highest BCUT2D eigenvalue weighted by Gasteiger charge is 2.26. The Balaban J connectivity index is 1.73. The summed E-state index contributed by atoms with van der Waals surface area (Å²) >= 11 is 0. The summed E-state index contributed by atoms with van der Waals surface area (Å²) in [4.78, 5) is 2.64. The Hall–Kier alpha value is -0.0800. The minimum atomic E-state index is 0.762. The van der Waals surface area contributed by atoms with Crippen molar-refractivity contribution >= 4 is 0 Å². The molecular weight excluding hydrogens is 148 g/mol. The van der Waals surface area contributed by atoms with Crippen LogP contribution in [0.15, 0.2) is 0 Å². The molecule has 0 amide bonds. The molecule has 1 heterocycles. The molecule has 1 saturated heterocycles. The van der Waals surface area contributed by atoms with Crippen molar-refractivity contribution in [2.24, 2.45) is 5.92 Å². The lowest BCUT2D eigenvalue weighted by Gasteiger charge is -2.32. The van der Waals surface area contributed by atoms with Gasteiger partial charge < -0.3 is 10.2 Å². The van der Waals surface area contributed by atoms with Gasteiger partial charge in [-0.15, -0.1) is 0 Å². The van der Waals surface area contributed by atoms with Gasteiger partial charge >= 0.3 is 0 Å². The van der Waals surface area contributed by atoms with E-state index in [0.29, 0.717) is 0 Å². The van der Waals surface area contributed by atoms with Gasteiger partial charge in [0.1, 0.15) is 0 Å². The van der Waals surface area contributed by atoms with Crippen molar-refractivity contribution in [1.29, 1.82) is 0 Å². The number of nitrogens with zero attached hydrogens (tertiary/aromatic N) is 1. The lowest BCUT2D eigenvalue weighted by molar-refractivity contribution is 0.188. The van der Waals surface area contributed by atoms with E-state index in [2.05, 4.69) is 17.3 Å². The van der Waals surface area contributed by atoms with E-state index in [4.69, 9.17) is 0 Å². The zero-order valence-corrected chi connectivity index (χ0v) is 8.05. The summed E-state index contributed by atoms with van der Waals surface area (Å²) < 4.78 is 0. The molecule has 1 unspecified atom stereocenters. The molecule has 1 aliphatic heterocycles. The van der Waals surface area contributed by atoms with Gasteiger partial charge in [-0.3, -0.25) is 0 Å². The number of hydrogen-bond acceptors (Lipinski definition) is 2. The highest BCUT2D eigenvalue weighted by Crippen LogP contribution is 2.30. The number of hydrogen-bond donors (Lipinski definition) is 1. The summed E-state index contributed by atoms with van der Waals surface area (Å²) in [6.07, 6.45) is 5.73. The first-order valence-corrected chi connectivity index (χ1v) is 5.28. The van der Waals surface area contributed by atoms with E-state index in [1.54, 1.807) is 0 Å². The van der Waals surface area contributed by atoms with Crippen LogP contribution in [0.1, 0.15) is 25.7 Å². The number of piperidine rings is 1. The SMILES string of the molecule is CNC1CCCN(CC2CC2)C1. The molecule has 0 bridgehead atoms. The average molecular weight is 168 g/mol. The summed E-state index contributed by atoms with van der Waals surface area (Å²) in [5, 5.41) is 3.39. The van der Waals surface area contributed by atoms with Gasteiger partial charge in [0, 0.05) is 19.1 Å². The molecule has 0 aromatic rings. The van der Waals surface area contributed by atoms with Gasteiger partial charge in [0.15, 0.2) is 0 Å². The Morgan fingerprint density at radius 2 is 2.17 bits per heavy atom. The van der Waals surface area contributed by atoms with Crippen LogP contribution in [-0.4, -0.2) is 37.6 Å². The summed E-state index contributed by atoms with van der Waals surface area (Å²) in [6.45, 7) is 4.00. The van der Waals surface area contributed by atoms with Crippen LogP contribution in [0, 0.1) is 5.92 Å². The molecule has 70 valence electrons. The van der Waals surface area contributed by atoms with Crippen LogP contribution in [0.25, 0.3) is 0 Å². The number of nitrogens with one attached hydrogen (secondary N) is 1. The van der Waals surface area contributed by atoms with Crippen molar-refractivity contribution in [3.05, 3.63) is 0 Å². The van der Waals surface area contributed by atoms with Crippen LogP contribution in [0.4, 0.5) is 0 Å². The Bertz CT molecular complexity index is 143. The second-order valence-electron chi connectivity index (χ2n) is 4.33. The fourth-order valence-corrected chi connectivity index (χ4v) is 2.12. The largest absolute Gasteiger partial charge is 0.316 e. The van der Waals surface area contributed by atoms with Crippen LogP contribution >= 0.6 is 0 Å². The summed E-state index contributed by atoms with van der Waals surface area (Å²) in [6, 6.07) is 0.762. The maximum absolute atomic E-state index is 3.39. The third-order valence-electron chi connectivity index (χ3n) is 3.13. The van der Waals surface area contributed by atoms with Crippen LogP contribution in [-0.2, 0) is 0 Å². The monoisotopic (exact) mass is 168 g/mol.